The van der Waals surface area contributed by atoms with E-state index in [0.29, 0.717) is 6.04 Å². The molecule has 1 aromatic rings. The maximum atomic E-state index is 8.71. The van der Waals surface area contributed by atoms with Crippen molar-refractivity contribution >= 4 is 11.8 Å². The van der Waals surface area contributed by atoms with Crippen molar-refractivity contribution in [3.8, 4) is 0 Å². The number of aromatic nitrogens is 3. The van der Waals surface area contributed by atoms with Gasteiger partial charge in [-0.25, -0.2) is 0 Å². The first kappa shape index (κ1) is 11.9. The first-order valence-electron chi connectivity index (χ1n) is 5.69. The summed E-state index contributed by atoms with van der Waals surface area (Å²) in [5, 5.41) is 20.3. The molecule has 1 aliphatic heterocycles. The Hall–Kier alpha value is -0.590. The number of nitrogens with one attached hydrogen (secondary N) is 1. The monoisotopic (exact) mass is 242 g/mol. The van der Waals surface area contributed by atoms with Gasteiger partial charge >= 0.3 is 0 Å². The number of rotatable bonds is 6. The van der Waals surface area contributed by atoms with E-state index in [-0.39, 0.29) is 6.61 Å². The van der Waals surface area contributed by atoms with E-state index < -0.39 is 0 Å². The highest BCUT2D eigenvalue weighted by molar-refractivity contribution is 7.99. The summed E-state index contributed by atoms with van der Waals surface area (Å²) in [5.41, 5.74) is 0.981. The zero-order valence-corrected chi connectivity index (χ0v) is 10.1. The lowest BCUT2D eigenvalue weighted by Gasteiger charge is -2.08. The maximum Gasteiger partial charge on any atom is 0.0964 e. The van der Waals surface area contributed by atoms with Crippen LogP contribution in [-0.4, -0.2) is 44.3 Å². The van der Waals surface area contributed by atoms with Crippen LogP contribution in [0.5, 0.6) is 0 Å². The van der Waals surface area contributed by atoms with Gasteiger partial charge in [0, 0.05) is 37.7 Å². The Labute approximate surface area is 99.6 Å². The van der Waals surface area contributed by atoms with Crippen LogP contribution in [0.4, 0.5) is 0 Å². The molecule has 16 heavy (non-hydrogen) atoms. The zero-order valence-electron chi connectivity index (χ0n) is 9.30. The van der Waals surface area contributed by atoms with Crippen molar-refractivity contribution in [2.75, 3.05) is 18.1 Å². The SMILES string of the molecule is OCCCn1cc(CNC2CCSC2)nn1. The van der Waals surface area contributed by atoms with Crippen molar-refractivity contribution in [2.24, 2.45) is 0 Å². The fourth-order valence-corrected chi connectivity index (χ4v) is 2.89. The molecule has 2 N–H and O–H groups in total. The molecule has 0 spiro atoms. The van der Waals surface area contributed by atoms with Crippen molar-refractivity contribution in [1.29, 1.82) is 0 Å². The molecular weight excluding hydrogens is 224 g/mol. The Morgan fingerprint density at radius 1 is 1.62 bits per heavy atom. The van der Waals surface area contributed by atoms with Crippen LogP contribution in [0.3, 0.4) is 0 Å². The van der Waals surface area contributed by atoms with Crippen LogP contribution in [0.15, 0.2) is 6.20 Å². The summed E-state index contributed by atoms with van der Waals surface area (Å²) in [6.07, 6.45) is 3.93. The summed E-state index contributed by atoms with van der Waals surface area (Å²) >= 11 is 2.00. The highest BCUT2D eigenvalue weighted by Gasteiger charge is 2.14. The van der Waals surface area contributed by atoms with Crippen LogP contribution < -0.4 is 5.32 Å². The normalized spacial score (nSPS) is 20.4. The van der Waals surface area contributed by atoms with Crippen molar-refractivity contribution in [3.05, 3.63) is 11.9 Å². The van der Waals surface area contributed by atoms with E-state index in [1.165, 1.54) is 17.9 Å². The first-order valence-corrected chi connectivity index (χ1v) is 6.85. The van der Waals surface area contributed by atoms with Crippen LogP contribution in [-0.2, 0) is 13.1 Å². The van der Waals surface area contributed by atoms with Crippen LogP contribution in [0.2, 0.25) is 0 Å². The molecule has 1 aliphatic rings. The highest BCUT2D eigenvalue weighted by atomic mass is 32.2. The Morgan fingerprint density at radius 2 is 2.56 bits per heavy atom. The second-order valence-corrected chi connectivity index (χ2v) is 5.14. The summed E-state index contributed by atoms with van der Waals surface area (Å²) in [7, 11) is 0. The lowest BCUT2D eigenvalue weighted by Crippen LogP contribution is -2.28. The van der Waals surface area contributed by atoms with E-state index in [4.69, 9.17) is 5.11 Å². The largest absolute Gasteiger partial charge is 0.396 e. The second kappa shape index (κ2) is 6.22. The van der Waals surface area contributed by atoms with Crippen molar-refractivity contribution < 1.29 is 5.11 Å². The molecule has 0 aromatic carbocycles. The minimum absolute atomic E-state index is 0.201. The number of hydrogen-bond acceptors (Lipinski definition) is 5. The standard InChI is InChI=1S/C10H18N4OS/c15-4-1-3-14-7-10(12-13-14)6-11-9-2-5-16-8-9/h7,9,11,15H,1-6,8H2. The lowest BCUT2D eigenvalue weighted by molar-refractivity contribution is 0.276. The average molecular weight is 242 g/mol. The van der Waals surface area contributed by atoms with Gasteiger partial charge in [0.05, 0.1) is 5.69 Å². The van der Waals surface area contributed by atoms with Crippen molar-refractivity contribution in [2.45, 2.75) is 32.0 Å². The zero-order chi connectivity index (χ0) is 11.2. The van der Waals surface area contributed by atoms with Gasteiger partial charge < -0.3 is 10.4 Å². The third-order valence-electron chi connectivity index (χ3n) is 2.63. The molecule has 5 nitrogen and oxygen atoms in total. The summed E-state index contributed by atoms with van der Waals surface area (Å²) in [5.74, 6) is 2.47. The van der Waals surface area contributed by atoms with Gasteiger partial charge in [0.1, 0.15) is 0 Å². The fourth-order valence-electron chi connectivity index (χ4n) is 1.71. The van der Waals surface area contributed by atoms with E-state index in [0.717, 1.165) is 25.2 Å². The number of hydrogen-bond donors (Lipinski definition) is 2. The van der Waals surface area contributed by atoms with E-state index >= 15 is 0 Å². The van der Waals surface area contributed by atoms with Crippen LogP contribution in [0, 0.1) is 0 Å². The maximum absolute atomic E-state index is 8.71. The molecule has 0 radical (unpaired) electrons. The molecule has 6 heteroatoms. The molecule has 1 fully saturated rings. The van der Waals surface area contributed by atoms with E-state index in [2.05, 4.69) is 15.6 Å². The first-order chi connectivity index (χ1) is 7.88. The average Bonchev–Trinajstić information content (AvgIpc) is 2.95. The number of aryl methyl sites for hydroxylation is 1. The molecule has 0 aliphatic carbocycles. The van der Waals surface area contributed by atoms with E-state index in [9.17, 15) is 0 Å². The molecule has 0 amide bonds. The lowest BCUT2D eigenvalue weighted by atomic mass is 10.2. The summed E-state index contributed by atoms with van der Waals surface area (Å²) in [4.78, 5) is 0. The third kappa shape index (κ3) is 3.47. The molecule has 0 bridgehead atoms. The smallest absolute Gasteiger partial charge is 0.0964 e. The van der Waals surface area contributed by atoms with E-state index in [1.54, 1.807) is 4.68 Å². The van der Waals surface area contributed by atoms with Gasteiger partial charge in [-0.15, -0.1) is 5.10 Å². The van der Waals surface area contributed by atoms with Crippen molar-refractivity contribution in [3.63, 3.8) is 0 Å². The molecule has 2 rings (SSSR count). The predicted molar refractivity (Wildman–Crippen MR) is 64.3 cm³/mol. The Kier molecular flexibility index (Phi) is 4.62. The third-order valence-corrected chi connectivity index (χ3v) is 3.80. The number of nitrogens with zero attached hydrogens (tertiary/aromatic N) is 3. The van der Waals surface area contributed by atoms with Gasteiger partial charge in [-0.05, 0) is 18.6 Å². The predicted octanol–water partition coefficient (Wildman–Crippen LogP) is 0.256. The molecular formula is C10H18N4OS. The Bertz CT molecular complexity index is 312. The van der Waals surface area contributed by atoms with Gasteiger partial charge in [0.25, 0.3) is 0 Å². The molecule has 1 aromatic heterocycles. The highest BCUT2D eigenvalue weighted by Crippen LogP contribution is 2.17. The van der Waals surface area contributed by atoms with E-state index in [1.807, 2.05) is 18.0 Å². The molecule has 1 unspecified atom stereocenters. The second-order valence-electron chi connectivity index (χ2n) is 3.99. The quantitative estimate of drug-likeness (QED) is 0.749. The summed E-state index contributed by atoms with van der Waals surface area (Å²) in [6, 6.07) is 0.632. The molecule has 90 valence electrons. The summed E-state index contributed by atoms with van der Waals surface area (Å²) < 4.78 is 1.79. The molecule has 2 heterocycles. The number of thioether (sulfide) groups is 1. The van der Waals surface area contributed by atoms with Crippen molar-refractivity contribution in [1.82, 2.24) is 20.3 Å². The summed E-state index contributed by atoms with van der Waals surface area (Å²) in [6.45, 7) is 1.74. The van der Waals surface area contributed by atoms with Gasteiger partial charge in [0.2, 0.25) is 0 Å². The van der Waals surface area contributed by atoms with Gasteiger partial charge in [-0.2, -0.15) is 11.8 Å². The molecule has 0 saturated carbocycles. The number of aliphatic hydroxyl groups excluding tert-OH is 1. The van der Waals surface area contributed by atoms with Gasteiger partial charge in [-0.1, -0.05) is 5.21 Å². The topological polar surface area (TPSA) is 63.0 Å². The minimum Gasteiger partial charge on any atom is -0.396 e. The van der Waals surface area contributed by atoms with Crippen LogP contribution in [0.1, 0.15) is 18.5 Å². The van der Waals surface area contributed by atoms with Gasteiger partial charge in [0.15, 0.2) is 0 Å². The molecule has 1 saturated heterocycles. The Morgan fingerprint density at radius 3 is 3.31 bits per heavy atom. The number of aliphatic hydroxyl groups is 1. The van der Waals surface area contributed by atoms with Crippen LogP contribution >= 0.6 is 11.8 Å². The minimum atomic E-state index is 0.201. The fraction of sp³-hybridized carbons (Fsp3) is 0.800. The Balaban J connectivity index is 1.73. The van der Waals surface area contributed by atoms with Crippen LogP contribution in [0.25, 0.3) is 0 Å². The van der Waals surface area contributed by atoms with Gasteiger partial charge in [-0.3, -0.25) is 4.68 Å². The molecule has 1 atom stereocenters.